The van der Waals surface area contributed by atoms with Crippen molar-refractivity contribution in [2.24, 2.45) is 17.6 Å². The number of benzene rings is 1. The van der Waals surface area contributed by atoms with Crippen molar-refractivity contribution in [3.05, 3.63) is 36.0 Å². The number of aromatic nitrogens is 1. The number of hydrogen-bond acceptors (Lipinski definition) is 5. The molecule has 0 spiro atoms. The molecule has 36 heavy (non-hydrogen) atoms. The number of nitrogens with two attached hydrogens (primary N) is 1. The van der Waals surface area contributed by atoms with Gasteiger partial charge in [0.05, 0.1) is 18.3 Å². The fraction of sp³-hybridized carbons (Fsp3) is 0.615. The van der Waals surface area contributed by atoms with E-state index in [1.807, 2.05) is 30.5 Å². The van der Waals surface area contributed by atoms with E-state index in [0.717, 1.165) is 42.1 Å². The van der Waals surface area contributed by atoms with Gasteiger partial charge in [-0.15, -0.1) is 0 Å². The molecule has 1 heterocycles. The summed E-state index contributed by atoms with van der Waals surface area (Å²) in [7, 11) is -3.49. The SMILES string of the molecule is CC(C)[C@H](NC(=O)[C@@H](N)Cc1c[nH]c2ccccc12)C(=O)NC[C@@H](O)CP(=O)(O)CC1CCCCC1. The van der Waals surface area contributed by atoms with Crippen LogP contribution in [0.2, 0.25) is 0 Å². The Bertz CT molecular complexity index is 1070. The van der Waals surface area contributed by atoms with Crippen molar-refractivity contribution in [2.45, 2.75) is 70.6 Å². The monoisotopic (exact) mass is 520 g/mol. The van der Waals surface area contributed by atoms with Gasteiger partial charge in [0.1, 0.15) is 6.04 Å². The van der Waals surface area contributed by atoms with Crippen LogP contribution in [0.3, 0.4) is 0 Å². The number of nitrogens with one attached hydrogen (secondary N) is 3. The van der Waals surface area contributed by atoms with Gasteiger partial charge < -0.3 is 31.4 Å². The molecule has 1 aromatic heterocycles. The second kappa shape index (κ2) is 12.9. The molecule has 1 saturated carbocycles. The Morgan fingerprint density at radius 2 is 1.86 bits per heavy atom. The summed E-state index contributed by atoms with van der Waals surface area (Å²) in [5.41, 5.74) is 8.04. The first kappa shape index (κ1) is 28.4. The van der Waals surface area contributed by atoms with Gasteiger partial charge in [-0.1, -0.05) is 51.3 Å². The highest BCUT2D eigenvalue weighted by atomic mass is 31.2. The fourth-order valence-corrected chi connectivity index (χ4v) is 7.10. The van der Waals surface area contributed by atoms with Crippen LogP contribution in [-0.2, 0) is 20.6 Å². The van der Waals surface area contributed by atoms with E-state index < -0.39 is 37.4 Å². The van der Waals surface area contributed by atoms with Crippen molar-refractivity contribution in [1.82, 2.24) is 15.6 Å². The largest absolute Gasteiger partial charge is 0.391 e. The third kappa shape index (κ3) is 8.17. The van der Waals surface area contributed by atoms with Crippen LogP contribution in [0.15, 0.2) is 30.5 Å². The Labute approximate surface area is 213 Å². The van der Waals surface area contributed by atoms with Crippen LogP contribution in [0.5, 0.6) is 0 Å². The van der Waals surface area contributed by atoms with Crippen LogP contribution in [0.4, 0.5) is 0 Å². The number of H-pyrrole nitrogens is 1. The maximum Gasteiger partial charge on any atom is 0.242 e. The molecule has 7 N–H and O–H groups in total. The van der Waals surface area contributed by atoms with Gasteiger partial charge in [-0.05, 0) is 42.7 Å². The molecule has 2 aromatic rings. The van der Waals surface area contributed by atoms with E-state index in [1.165, 1.54) is 6.42 Å². The Hall–Kier alpha value is -2.19. The predicted octanol–water partition coefficient (Wildman–Crippen LogP) is 2.51. The summed E-state index contributed by atoms with van der Waals surface area (Å²) in [6.45, 7) is 3.45. The van der Waals surface area contributed by atoms with E-state index in [-0.39, 0.29) is 30.7 Å². The molecule has 10 heteroatoms. The van der Waals surface area contributed by atoms with Gasteiger partial charge in [0.15, 0.2) is 0 Å². The zero-order valence-electron chi connectivity index (χ0n) is 21.3. The number of aliphatic hydroxyl groups excluding tert-OH is 1. The van der Waals surface area contributed by atoms with Crippen LogP contribution in [0.25, 0.3) is 10.9 Å². The van der Waals surface area contributed by atoms with Crippen molar-refractivity contribution < 1.29 is 24.2 Å². The fourth-order valence-electron chi connectivity index (χ4n) is 5.00. The normalized spacial score (nSPS) is 18.9. The van der Waals surface area contributed by atoms with Gasteiger partial charge in [-0.25, -0.2) is 0 Å². The van der Waals surface area contributed by atoms with Crippen LogP contribution in [-0.4, -0.2) is 63.9 Å². The Kier molecular flexibility index (Phi) is 10.1. The van der Waals surface area contributed by atoms with Crippen molar-refractivity contribution in [3.63, 3.8) is 0 Å². The number of hydrogen-bond donors (Lipinski definition) is 6. The third-order valence-corrected chi connectivity index (χ3v) is 9.05. The highest BCUT2D eigenvalue weighted by molar-refractivity contribution is 7.58. The van der Waals surface area contributed by atoms with E-state index in [2.05, 4.69) is 15.6 Å². The molecule has 0 aliphatic heterocycles. The molecule has 4 atom stereocenters. The van der Waals surface area contributed by atoms with Crippen LogP contribution < -0.4 is 16.4 Å². The molecule has 1 fully saturated rings. The first-order valence-corrected chi connectivity index (χ1v) is 15.0. The molecule has 1 unspecified atom stereocenters. The van der Waals surface area contributed by atoms with Gasteiger partial charge in [0.2, 0.25) is 19.2 Å². The first-order valence-electron chi connectivity index (χ1n) is 12.9. The average Bonchev–Trinajstić information content (AvgIpc) is 3.23. The maximum absolute atomic E-state index is 12.8. The number of carbonyl (C=O) groups is 2. The summed E-state index contributed by atoms with van der Waals surface area (Å²) in [5.74, 6) is -0.897. The van der Waals surface area contributed by atoms with Gasteiger partial charge in [0.25, 0.3) is 0 Å². The molecule has 1 aliphatic rings. The van der Waals surface area contributed by atoms with E-state index in [9.17, 15) is 24.2 Å². The lowest BCUT2D eigenvalue weighted by Gasteiger charge is -2.26. The molecule has 0 saturated heterocycles. The number of aliphatic hydroxyl groups is 1. The highest BCUT2D eigenvalue weighted by Gasteiger charge is 2.30. The lowest BCUT2D eigenvalue weighted by atomic mass is 9.91. The number of aromatic amines is 1. The van der Waals surface area contributed by atoms with Gasteiger partial charge in [0, 0.05) is 29.8 Å². The second-order valence-electron chi connectivity index (χ2n) is 10.5. The number of amides is 2. The van der Waals surface area contributed by atoms with E-state index >= 15 is 0 Å². The minimum Gasteiger partial charge on any atom is -0.391 e. The highest BCUT2D eigenvalue weighted by Crippen LogP contribution is 2.45. The van der Waals surface area contributed by atoms with Crippen LogP contribution in [0, 0.1) is 11.8 Å². The summed E-state index contributed by atoms with van der Waals surface area (Å²) in [6.07, 6.45) is 6.21. The maximum atomic E-state index is 12.8. The number of fused-ring (bicyclic) bond motifs is 1. The quantitative estimate of drug-likeness (QED) is 0.236. The zero-order valence-corrected chi connectivity index (χ0v) is 22.2. The van der Waals surface area contributed by atoms with Crippen molar-refractivity contribution in [3.8, 4) is 0 Å². The molecule has 1 aliphatic carbocycles. The molecule has 2 amide bonds. The molecule has 1 aromatic carbocycles. The van der Waals surface area contributed by atoms with Crippen molar-refractivity contribution >= 4 is 30.1 Å². The zero-order chi connectivity index (χ0) is 26.3. The number of para-hydroxylation sites is 1. The van der Waals surface area contributed by atoms with Crippen molar-refractivity contribution in [2.75, 3.05) is 18.9 Å². The molecule has 0 radical (unpaired) electrons. The average molecular weight is 521 g/mol. The van der Waals surface area contributed by atoms with Crippen LogP contribution >= 0.6 is 7.37 Å². The first-order chi connectivity index (χ1) is 17.1. The van der Waals surface area contributed by atoms with Crippen LogP contribution in [0.1, 0.15) is 51.5 Å². The van der Waals surface area contributed by atoms with Crippen molar-refractivity contribution in [1.29, 1.82) is 0 Å². The lowest BCUT2D eigenvalue weighted by molar-refractivity contribution is -0.130. The Morgan fingerprint density at radius 3 is 2.56 bits per heavy atom. The number of rotatable bonds is 12. The molecular weight excluding hydrogens is 479 g/mol. The Morgan fingerprint density at radius 1 is 1.17 bits per heavy atom. The summed E-state index contributed by atoms with van der Waals surface area (Å²) < 4.78 is 12.6. The van der Waals surface area contributed by atoms with E-state index in [4.69, 9.17) is 5.73 Å². The lowest BCUT2D eigenvalue weighted by Crippen LogP contribution is -2.55. The smallest absolute Gasteiger partial charge is 0.242 e. The van der Waals surface area contributed by atoms with Gasteiger partial charge in [-0.2, -0.15) is 0 Å². The minimum atomic E-state index is -3.49. The standard InChI is InChI=1S/C26H41N4O5P/c1-17(2)24(30-25(32)22(27)12-19-13-28-23-11-7-6-10-21(19)23)26(33)29-14-20(31)16-36(34,35)15-18-8-4-3-5-9-18/h6-7,10-11,13,17-18,20,22,24,28,31H,3-5,8-9,12,14-16,27H2,1-2H3,(H,29,33)(H,30,32)(H,34,35)/t20-,22+,24+/m1/s1. The summed E-state index contributed by atoms with van der Waals surface area (Å²) in [5, 5.41) is 16.7. The van der Waals surface area contributed by atoms with E-state index in [0.29, 0.717) is 6.42 Å². The molecule has 9 nitrogen and oxygen atoms in total. The summed E-state index contributed by atoms with van der Waals surface area (Å²) in [6, 6.07) is 6.07. The second-order valence-corrected chi connectivity index (χ2v) is 12.9. The predicted molar refractivity (Wildman–Crippen MR) is 142 cm³/mol. The molecule has 3 rings (SSSR count). The Balaban J connectivity index is 1.49. The molecule has 0 bridgehead atoms. The molecular formula is C26H41N4O5P. The molecule has 200 valence electrons. The van der Waals surface area contributed by atoms with Gasteiger partial charge in [-0.3, -0.25) is 14.2 Å². The number of carbonyl (C=O) groups excluding carboxylic acids is 2. The summed E-state index contributed by atoms with van der Waals surface area (Å²) in [4.78, 5) is 39.1. The minimum absolute atomic E-state index is 0.158. The summed E-state index contributed by atoms with van der Waals surface area (Å²) >= 11 is 0. The van der Waals surface area contributed by atoms with Gasteiger partial charge >= 0.3 is 0 Å². The third-order valence-electron chi connectivity index (χ3n) is 6.97. The van der Waals surface area contributed by atoms with E-state index in [1.54, 1.807) is 13.8 Å². The topological polar surface area (TPSA) is 158 Å².